The average molecular weight is 374 g/mol. The van der Waals surface area contributed by atoms with Gasteiger partial charge in [-0.1, -0.05) is 18.6 Å². The van der Waals surface area contributed by atoms with E-state index in [0.717, 1.165) is 0 Å². The van der Waals surface area contributed by atoms with E-state index in [1.165, 1.54) is 0 Å². The largest absolute Gasteiger partial charge is 0.384 e. The third-order valence-electron chi connectivity index (χ3n) is 2.98. The molecule has 5 nitrogen and oxygen atoms in total. The lowest BCUT2D eigenvalue weighted by molar-refractivity contribution is 0.206. The molecule has 6 heteroatoms. The van der Waals surface area contributed by atoms with Crippen LogP contribution in [0.5, 0.6) is 0 Å². The fourth-order valence-corrected chi connectivity index (χ4v) is 2.86. The summed E-state index contributed by atoms with van der Waals surface area (Å²) in [4.78, 5) is 10.1. The highest BCUT2D eigenvalue weighted by atomic mass is 32.2. The van der Waals surface area contributed by atoms with Crippen molar-refractivity contribution in [1.82, 2.24) is 15.0 Å². The summed E-state index contributed by atoms with van der Waals surface area (Å²) >= 11 is 0. The molecule has 1 N–H and O–H groups in total. The van der Waals surface area contributed by atoms with Crippen molar-refractivity contribution in [1.29, 1.82) is 0 Å². The number of pyridine rings is 1. The van der Waals surface area contributed by atoms with Crippen LogP contribution in [-0.4, -0.2) is 32.8 Å². The van der Waals surface area contributed by atoms with Crippen molar-refractivity contribution >= 4 is 27.4 Å². The summed E-state index contributed by atoms with van der Waals surface area (Å²) in [5, 5.41) is -0.460. The normalized spacial score (nSPS) is 24.8. The maximum atomic E-state index is 13.3. The van der Waals surface area contributed by atoms with E-state index in [-0.39, 0.29) is 11.0 Å². The number of nitrogens with zero attached hydrogens (tertiary/aromatic N) is 2. The summed E-state index contributed by atoms with van der Waals surface area (Å²) in [5.74, 6) is -0.922. The Hall–Kier alpha value is -2.31. The second-order valence-corrected chi connectivity index (χ2v) is 5.87. The van der Waals surface area contributed by atoms with Crippen molar-refractivity contribution in [2.24, 2.45) is 0 Å². The lowest BCUT2D eigenvalue weighted by atomic mass is 10.00. The van der Waals surface area contributed by atoms with Crippen LogP contribution >= 0.6 is 0 Å². The van der Waals surface area contributed by atoms with E-state index in [1.54, 1.807) is 0 Å². The van der Waals surface area contributed by atoms with Gasteiger partial charge >= 0.3 is 0 Å². The third-order valence-corrected chi connectivity index (χ3v) is 4.14. The molecule has 0 aliphatic carbocycles. The molecule has 0 spiro atoms. The van der Waals surface area contributed by atoms with Gasteiger partial charge in [-0.3, -0.25) is 9.19 Å². The van der Waals surface area contributed by atoms with E-state index < -0.39 is 114 Å². The number of imidazole rings is 1. The Labute approximate surface area is 174 Å². The van der Waals surface area contributed by atoms with Crippen LogP contribution in [0.3, 0.4) is 0 Å². The zero-order valence-corrected chi connectivity index (χ0v) is 13.1. The van der Waals surface area contributed by atoms with Crippen molar-refractivity contribution in [3.8, 4) is 0 Å². The van der Waals surface area contributed by atoms with Crippen LogP contribution in [0.25, 0.3) is 16.6 Å². The minimum absolute atomic E-state index is 0.218. The van der Waals surface area contributed by atoms with Crippen LogP contribution in [0.1, 0.15) is 47.9 Å². The number of fused-ring (bicyclic) bond motifs is 1. The molecule has 25 heavy (non-hydrogen) atoms. The molecule has 130 valence electrons. The van der Waals surface area contributed by atoms with Crippen LogP contribution in [0.15, 0.2) is 48.1 Å². The van der Waals surface area contributed by atoms with E-state index in [0.29, 0.717) is 0 Å². The molecule has 0 saturated carbocycles. The molecular weight excluding hydrogens is 334 g/mol. The van der Waals surface area contributed by atoms with E-state index in [2.05, 4.69) is 19.7 Å². The SMILES string of the molecule is [2H]C([2H])=C(c1c([2H])c([2H])nc(CS(=O)c2nc3c([2H])c([2H])c([2H])c([2H])c3[nH]2)c1C([2H])([2H])[2H])C([2H])([2H])C([2H])([2H])OC([2H])([2H])[2H]. The van der Waals surface area contributed by atoms with Gasteiger partial charge in [0.05, 0.1) is 57.7 Å². The van der Waals surface area contributed by atoms with Crippen LogP contribution < -0.4 is 0 Å². The number of hydrogen-bond donors (Lipinski definition) is 1. The number of benzene rings is 1. The Morgan fingerprint density at radius 3 is 3.28 bits per heavy atom. The number of rotatable bonds is 7. The first-order chi connectivity index (χ1) is 19.3. The molecule has 0 radical (unpaired) electrons. The zero-order valence-electron chi connectivity index (χ0n) is 30.3. The lowest BCUT2D eigenvalue weighted by Crippen LogP contribution is -2.05. The first kappa shape index (κ1) is 5.86. The van der Waals surface area contributed by atoms with E-state index in [9.17, 15) is 4.21 Å². The van der Waals surface area contributed by atoms with E-state index in [1.807, 2.05) is 0 Å². The highest BCUT2D eigenvalue weighted by molar-refractivity contribution is 7.84. The maximum Gasteiger partial charge on any atom is 0.197 e. The fourth-order valence-electron chi connectivity index (χ4n) is 1.86. The average Bonchev–Trinajstić information content (AvgIpc) is 3.27. The van der Waals surface area contributed by atoms with Gasteiger partial charge in [0.1, 0.15) is 0 Å². The van der Waals surface area contributed by atoms with E-state index >= 15 is 0 Å². The standard InChI is InChI=1S/C19H21N3O2S/c1-13(9-11-24-3)15-8-10-20-18(14(15)2)12-25(23)19-21-16-6-4-5-7-17(16)22-19/h4-8,10H,1,9,11-12H2,2-3H3,(H,21,22)/i1D2,2D3,3D3,4D,5D,6D,7D,8D,9D2,10D,11D2. The summed E-state index contributed by atoms with van der Waals surface area (Å²) in [6.45, 7) is -8.80. The van der Waals surface area contributed by atoms with Gasteiger partial charge in [-0.15, -0.1) is 0 Å². The molecule has 3 rings (SSSR count). The third kappa shape index (κ3) is 3.86. The van der Waals surface area contributed by atoms with Crippen LogP contribution in [0.2, 0.25) is 0 Å². The Morgan fingerprint density at radius 1 is 1.52 bits per heavy atom. The van der Waals surface area contributed by atoms with Gasteiger partial charge in [0.15, 0.2) is 5.16 Å². The van der Waals surface area contributed by atoms with Crippen LogP contribution in [-0.2, 0) is 21.3 Å². The molecule has 0 aliphatic rings. The molecule has 1 atom stereocenters. The number of methoxy groups -OCH3 is 1. The van der Waals surface area contributed by atoms with Crippen molar-refractivity contribution in [3.05, 3.63) is 59.7 Å². The van der Waals surface area contributed by atoms with Crippen molar-refractivity contribution in [2.75, 3.05) is 13.6 Å². The second-order valence-electron chi connectivity index (χ2n) is 4.50. The number of ether oxygens (including phenoxy) is 1. The molecule has 3 aromatic rings. The quantitative estimate of drug-likeness (QED) is 0.687. The summed E-state index contributed by atoms with van der Waals surface area (Å²) in [6, 6.07) is -3.49. The molecule has 1 unspecified atom stereocenters. The minimum atomic E-state index is -3.84. The number of aromatic nitrogens is 3. The van der Waals surface area contributed by atoms with Gasteiger partial charge in [0, 0.05) is 20.1 Å². The van der Waals surface area contributed by atoms with Gasteiger partial charge in [-0.05, 0) is 48.1 Å². The number of nitrogens with one attached hydrogen (secondary N) is 1. The van der Waals surface area contributed by atoms with Crippen LogP contribution in [0, 0.1) is 6.85 Å². The Kier molecular flexibility index (Phi) is 1.81. The second kappa shape index (κ2) is 7.72. The number of hydrogen-bond acceptors (Lipinski definition) is 4. The molecule has 0 amide bonds. The van der Waals surface area contributed by atoms with E-state index in [4.69, 9.17) is 24.7 Å². The molecular formula is C19H21N3O2S. The van der Waals surface area contributed by atoms with Gasteiger partial charge in [-0.2, -0.15) is 0 Å². The number of para-hydroxylation sites is 2. The monoisotopic (exact) mass is 373 g/mol. The highest BCUT2D eigenvalue weighted by Crippen LogP contribution is 2.23. The fraction of sp³-hybridized carbons (Fsp3) is 0.263. The number of aromatic amines is 1. The number of H-pyrrole nitrogens is 1. The first-order valence-electron chi connectivity index (χ1n) is 15.6. The lowest BCUT2D eigenvalue weighted by Gasteiger charge is -2.12. The molecule has 0 fully saturated rings. The topological polar surface area (TPSA) is 67.9 Å². The smallest absolute Gasteiger partial charge is 0.197 e. The van der Waals surface area contributed by atoms with Crippen molar-refractivity contribution in [2.45, 2.75) is 24.1 Å². The predicted octanol–water partition coefficient (Wildman–Crippen LogP) is 3.62. The molecule has 2 aromatic heterocycles. The highest BCUT2D eigenvalue weighted by Gasteiger charge is 2.15. The van der Waals surface area contributed by atoms with Gasteiger partial charge < -0.3 is 9.72 Å². The predicted molar refractivity (Wildman–Crippen MR) is 101 cm³/mol. The minimum Gasteiger partial charge on any atom is -0.384 e. The van der Waals surface area contributed by atoms with Gasteiger partial charge in [-0.25, -0.2) is 4.98 Å². The molecule has 0 saturated heterocycles. The summed E-state index contributed by atoms with van der Waals surface area (Å²) in [7, 11) is -5.96. The Bertz CT molecular complexity index is 1610. The van der Waals surface area contributed by atoms with Crippen molar-refractivity contribution in [3.63, 3.8) is 0 Å². The van der Waals surface area contributed by atoms with Crippen molar-refractivity contribution < 1.29 is 33.6 Å². The summed E-state index contributed by atoms with van der Waals surface area (Å²) < 4.78 is 159. The maximum absolute atomic E-state index is 13.3. The molecule has 1 aromatic carbocycles. The summed E-state index contributed by atoms with van der Waals surface area (Å²) in [5.41, 5.74) is -4.93. The summed E-state index contributed by atoms with van der Waals surface area (Å²) in [6.07, 6.45) is -4.83. The molecule has 0 aliphatic heterocycles. The first-order valence-corrected chi connectivity index (χ1v) is 7.88. The molecule has 0 bridgehead atoms. The molecule has 2 heterocycles. The Morgan fingerprint density at radius 2 is 2.44 bits per heavy atom. The zero-order chi connectivity index (χ0) is 33.2. The van der Waals surface area contributed by atoms with Gasteiger partial charge in [0.25, 0.3) is 0 Å². The Balaban J connectivity index is 2.30. The van der Waals surface area contributed by atoms with Crippen LogP contribution in [0.4, 0.5) is 0 Å². The van der Waals surface area contributed by atoms with Gasteiger partial charge in [0.2, 0.25) is 0 Å².